The second kappa shape index (κ2) is 65.2. The second-order valence-corrected chi connectivity index (χ2v) is 33.2. The standard InChI is InChI=1S/C12H18.C11H16.2C10H12O.C9H10.C8H6S.4C6H14.8C2H6/c1-10(12(2,3)4)11-8-6-5-7-9-11;1-11(2,3)9-10-7-5-4-6-8-10;2*1-10(2)7-8-5-3-4-6-9(8)11-10;1-2-5-9-7-3-6-8(9)4-1;1-2-4-8-7(3-1)5-6-9-8;4*1-5-6(2,3)4;8*1-2/h5-10H,1-4H3;4-8H,9H2,1-3H3;2*3-6H,7H2,1-2H3;1-2,4-5H,3,6-7H2;1-6H;4*5H2,1-4H3;8*1-2H3. The van der Waals surface area contributed by atoms with Crippen LogP contribution >= 0.6 is 11.3 Å². The minimum absolute atomic E-state index is 0.00366. The zero-order valence-corrected chi connectivity index (χ0v) is 77.9. The van der Waals surface area contributed by atoms with E-state index in [1.54, 1.807) is 22.5 Å². The van der Waals surface area contributed by atoms with E-state index >= 15 is 0 Å². The molecule has 1 aromatic heterocycles. The third-order valence-corrected chi connectivity index (χ3v) is 16.6. The van der Waals surface area contributed by atoms with E-state index in [2.05, 4.69) is 332 Å². The molecule has 0 N–H and O–H groups in total. The molecule has 2 nitrogen and oxygen atoms in total. The fourth-order valence-electron chi connectivity index (χ4n) is 7.95. The van der Waals surface area contributed by atoms with Gasteiger partial charge in [-0.05, 0) is 160 Å². The number of hydrogen-bond donors (Lipinski definition) is 0. The van der Waals surface area contributed by atoms with Crippen molar-refractivity contribution in [2.45, 2.75) is 379 Å². The van der Waals surface area contributed by atoms with Gasteiger partial charge in [0.25, 0.3) is 0 Å². The minimum atomic E-state index is 0.00366. The molecule has 1 atom stereocenters. The molecule has 0 bridgehead atoms. The van der Waals surface area contributed by atoms with Crippen LogP contribution in [0.2, 0.25) is 0 Å². The molecule has 3 heterocycles. The molecule has 7 aromatic rings. The Balaban J connectivity index is -0.000000160. The highest BCUT2D eigenvalue weighted by atomic mass is 32.1. The van der Waals surface area contributed by atoms with Gasteiger partial charge in [0.1, 0.15) is 22.7 Å². The van der Waals surface area contributed by atoms with Gasteiger partial charge in [-0.3, -0.25) is 0 Å². The van der Waals surface area contributed by atoms with Crippen LogP contribution in [0.1, 0.15) is 369 Å². The Kier molecular flexibility index (Phi) is 72.0. The van der Waals surface area contributed by atoms with Gasteiger partial charge in [-0.15, -0.1) is 11.3 Å². The monoisotopic (exact) mass is 1440 g/mol. The number of hydrogen-bond acceptors (Lipinski definition) is 3. The average molecular weight is 1440 g/mol. The average Bonchev–Trinajstić information content (AvgIpc) is 1.69. The molecule has 3 aliphatic rings. The molecule has 103 heavy (non-hydrogen) atoms. The third-order valence-electron chi connectivity index (χ3n) is 15.7. The molecule has 0 fully saturated rings. The van der Waals surface area contributed by atoms with E-state index < -0.39 is 0 Å². The van der Waals surface area contributed by atoms with E-state index in [1.165, 1.54) is 77.3 Å². The summed E-state index contributed by atoms with van der Waals surface area (Å²) in [7, 11) is 0. The van der Waals surface area contributed by atoms with Gasteiger partial charge >= 0.3 is 0 Å². The third kappa shape index (κ3) is 67.2. The predicted molar refractivity (Wildman–Crippen MR) is 484 cm³/mol. The molecular formula is C100H178O2S. The number of para-hydroxylation sites is 2. The van der Waals surface area contributed by atoms with Gasteiger partial charge in [0.05, 0.1) is 0 Å². The minimum Gasteiger partial charge on any atom is -0.487 e. The second-order valence-electron chi connectivity index (χ2n) is 32.3. The Labute approximate surface area is 652 Å². The van der Waals surface area contributed by atoms with Crippen molar-refractivity contribution in [1.29, 1.82) is 0 Å². The molecule has 3 heteroatoms. The Morgan fingerprint density at radius 1 is 0.340 bits per heavy atom. The maximum Gasteiger partial charge on any atom is 0.123 e. The molecule has 1 unspecified atom stereocenters. The Morgan fingerprint density at radius 2 is 0.612 bits per heavy atom. The Bertz CT molecular complexity index is 2640. The highest BCUT2D eigenvalue weighted by Gasteiger charge is 2.30. The number of ether oxygens (including phenoxy) is 2. The fraction of sp³-hybridized carbons (Fsp3) is 0.620. The van der Waals surface area contributed by atoms with Crippen LogP contribution in [0.5, 0.6) is 11.5 Å². The highest BCUT2D eigenvalue weighted by Crippen LogP contribution is 2.36. The molecule has 2 aliphatic heterocycles. The first kappa shape index (κ1) is 114. The van der Waals surface area contributed by atoms with Crippen LogP contribution in [0.4, 0.5) is 0 Å². The Morgan fingerprint density at radius 3 is 0.893 bits per heavy atom. The molecule has 0 spiro atoms. The van der Waals surface area contributed by atoms with Crippen molar-refractivity contribution in [2.24, 2.45) is 32.5 Å². The van der Waals surface area contributed by atoms with Crippen molar-refractivity contribution >= 4 is 21.4 Å². The highest BCUT2D eigenvalue weighted by molar-refractivity contribution is 7.17. The summed E-state index contributed by atoms with van der Waals surface area (Å²) in [5.74, 6) is 2.73. The topological polar surface area (TPSA) is 18.5 Å². The van der Waals surface area contributed by atoms with Gasteiger partial charge < -0.3 is 9.47 Å². The molecular weight excluding hydrogens is 1270 g/mol. The number of benzene rings is 6. The van der Waals surface area contributed by atoms with E-state index in [-0.39, 0.29) is 11.2 Å². The van der Waals surface area contributed by atoms with Crippen LogP contribution in [0.25, 0.3) is 10.1 Å². The lowest BCUT2D eigenvalue weighted by molar-refractivity contribution is 0.138. The van der Waals surface area contributed by atoms with Crippen LogP contribution < -0.4 is 9.47 Å². The van der Waals surface area contributed by atoms with Crippen molar-refractivity contribution in [3.63, 3.8) is 0 Å². The van der Waals surface area contributed by atoms with Crippen LogP contribution in [0.15, 0.2) is 169 Å². The van der Waals surface area contributed by atoms with E-state index in [0.717, 1.165) is 30.8 Å². The smallest absolute Gasteiger partial charge is 0.123 e. The van der Waals surface area contributed by atoms with E-state index in [1.807, 2.05) is 135 Å². The summed E-state index contributed by atoms with van der Waals surface area (Å²) in [5.41, 5.74) is 11.6. The van der Waals surface area contributed by atoms with Crippen LogP contribution in [0.3, 0.4) is 0 Å². The van der Waals surface area contributed by atoms with E-state index in [9.17, 15) is 0 Å². The lowest BCUT2D eigenvalue weighted by Gasteiger charge is -2.27. The Hall–Kier alpha value is -5.12. The molecule has 596 valence electrons. The summed E-state index contributed by atoms with van der Waals surface area (Å²) < 4.78 is 12.8. The van der Waals surface area contributed by atoms with Gasteiger partial charge in [-0.25, -0.2) is 0 Å². The fourth-order valence-corrected chi connectivity index (χ4v) is 8.74. The molecule has 0 saturated heterocycles. The number of thiophene rings is 1. The van der Waals surface area contributed by atoms with Gasteiger partial charge in [0, 0.05) is 17.5 Å². The zero-order valence-electron chi connectivity index (χ0n) is 77.0. The van der Waals surface area contributed by atoms with Crippen molar-refractivity contribution < 1.29 is 9.47 Å². The molecule has 0 amide bonds. The molecule has 0 radical (unpaired) electrons. The number of aryl methyl sites for hydroxylation is 2. The summed E-state index contributed by atoms with van der Waals surface area (Å²) in [4.78, 5) is 0. The first-order valence-electron chi connectivity index (χ1n) is 41.2. The van der Waals surface area contributed by atoms with Crippen LogP contribution in [-0.2, 0) is 32.1 Å². The first-order valence-corrected chi connectivity index (χ1v) is 42.1. The van der Waals surface area contributed by atoms with E-state index in [4.69, 9.17) is 9.47 Å². The molecule has 0 saturated carbocycles. The summed E-state index contributed by atoms with van der Waals surface area (Å²) in [5, 5.41) is 3.47. The normalized spacial score (nSPS) is 12.5. The predicted octanol–water partition coefficient (Wildman–Crippen LogP) is 35.0. The lowest BCUT2D eigenvalue weighted by atomic mass is 9.78. The number of rotatable bonds is 2. The summed E-state index contributed by atoms with van der Waals surface area (Å²) in [6.45, 7) is 92.1. The number of fused-ring (bicyclic) bond motifs is 4. The van der Waals surface area contributed by atoms with E-state index in [0.29, 0.717) is 38.4 Å². The van der Waals surface area contributed by atoms with Crippen molar-refractivity contribution in [1.82, 2.24) is 0 Å². The maximum absolute atomic E-state index is 5.69. The summed E-state index contributed by atoms with van der Waals surface area (Å²) in [6, 6.07) is 57.1. The van der Waals surface area contributed by atoms with Gasteiger partial charge in [0.15, 0.2) is 0 Å². The first-order chi connectivity index (χ1) is 48.1. The largest absolute Gasteiger partial charge is 0.487 e. The lowest BCUT2D eigenvalue weighted by Crippen LogP contribution is -2.24. The van der Waals surface area contributed by atoms with Crippen molar-refractivity contribution in [3.05, 3.63) is 203 Å². The molecule has 10 rings (SSSR count). The van der Waals surface area contributed by atoms with Gasteiger partial charge in [-0.1, -0.05) is 435 Å². The van der Waals surface area contributed by atoms with Gasteiger partial charge in [-0.2, -0.15) is 0 Å². The molecule has 6 aromatic carbocycles. The summed E-state index contributed by atoms with van der Waals surface area (Å²) in [6.07, 6.45) is 12.3. The quantitative estimate of drug-likeness (QED) is 0.172. The zero-order chi connectivity index (χ0) is 82.3. The maximum atomic E-state index is 5.69. The molecule has 1 aliphatic carbocycles. The van der Waals surface area contributed by atoms with Crippen LogP contribution in [-0.4, -0.2) is 11.2 Å². The van der Waals surface area contributed by atoms with Crippen molar-refractivity contribution in [3.8, 4) is 11.5 Å². The summed E-state index contributed by atoms with van der Waals surface area (Å²) >= 11 is 1.79. The van der Waals surface area contributed by atoms with Crippen LogP contribution in [0, 0.1) is 32.5 Å². The van der Waals surface area contributed by atoms with Crippen molar-refractivity contribution in [2.75, 3.05) is 0 Å². The van der Waals surface area contributed by atoms with Gasteiger partial charge in [0.2, 0.25) is 0 Å². The SMILES string of the molecule is CC.CC.CC.CC.CC.CC.CC.CC.CC(C)(C)Cc1ccccc1.CC(c1ccccc1)C(C)(C)C.CC1(C)Cc2ccccc2O1.CC1(C)Cc2ccccc2O1.CCC(C)(C)C.CCC(C)(C)C.CCC(C)(C)C.CCC(C)(C)C.c1ccc2c(c1)CCC2.c1ccc2sccc2c1.